The normalized spacial score (nSPS) is 12.2. The standard InChI is InChI=1S/C28H22ClF3N2O7/c1-39-25-14-34(26(36)12-21(25)20-11-18(29)6-7-19(20)24-13-33-15-40-24)22(8-9-41-28(30,31)32)23(35)10-16-2-4-17(5-3-16)27(37)38/h2-7,11-15,22H,8-10H2,1H3,(H,37,38). The van der Waals surface area contributed by atoms with E-state index in [2.05, 4.69) is 9.72 Å². The number of nitrogens with zero attached hydrogens (tertiary/aromatic N) is 2. The number of carboxylic acid groups (broad SMARTS) is 1. The predicted molar refractivity (Wildman–Crippen MR) is 141 cm³/mol. The largest absolute Gasteiger partial charge is 0.522 e. The maximum atomic E-state index is 13.4. The van der Waals surface area contributed by atoms with Crippen LogP contribution in [0.1, 0.15) is 28.4 Å². The van der Waals surface area contributed by atoms with Crippen molar-refractivity contribution >= 4 is 23.4 Å². The van der Waals surface area contributed by atoms with Gasteiger partial charge in [-0.3, -0.25) is 14.3 Å². The Morgan fingerprint density at radius 1 is 1.10 bits per heavy atom. The van der Waals surface area contributed by atoms with Gasteiger partial charge >= 0.3 is 12.3 Å². The Kier molecular flexibility index (Phi) is 8.94. The molecule has 4 rings (SSSR count). The molecule has 4 aromatic rings. The minimum absolute atomic E-state index is 0.00131. The van der Waals surface area contributed by atoms with Crippen LogP contribution in [0.15, 0.2) is 76.5 Å². The van der Waals surface area contributed by atoms with Gasteiger partial charge in [0.05, 0.1) is 37.7 Å². The fraction of sp³-hybridized carbons (Fsp3) is 0.214. The van der Waals surface area contributed by atoms with Crippen LogP contribution >= 0.6 is 11.6 Å². The highest BCUT2D eigenvalue weighted by atomic mass is 35.5. The van der Waals surface area contributed by atoms with Gasteiger partial charge in [0.15, 0.2) is 17.9 Å². The van der Waals surface area contributed by atoms with Gasteiger partial charge in [-0.1, -0.05) is 23.7 Å². The van der Waals surface area contributed by atoms with E-state index in [0.717, 1.165) is 4.57 Å². The van der Waals surface area contributed by atoms with Gasteiger partial charge in [0.2, 0.25) is 0 Å². The van der Waals surface area contributed by atoms with Crippen molar-refractivity contribution in [2.45, 2.75) is 25.2 Å². The first-order valence-electron chi connectivity index (χ1n) is 12.0. The molecule has 41 heavy (non-hydrogen) atoms. The summed E-state index contributed by atoms with van der Waals surface area (Å²) in [5.41, 5.74) is 1.00. The summed E-state index contributed by atoms with van der Waals surface area (Å²) in [6.45, 7) is -0.891. The highest BCUT2D eigenvalue weighted by molar-refractivity contribution is 6.31. The van der Waals surface area contributed by atoms with E-state index in [9.17, 15) is 27.6 Å². The number of Topliss-reactive ketones (excluding diaryl/α,β-unsaturated/α-hetero) is 1. The third-order valence-corrected chi connectivity index (χ3v) is 6.41. The van der Waals surface area contributed by atoms with Crippen molar-refractivity contribution in [1.82, 2.24) is 9.55 Å². The van der Waals surface area contributed by atoms with E-state index in [4.69, 9.17) is 25.9 Å². The first kappa shape index (κ1) is 29.6. The smallest absolute Gasteiger partial charge is 0.495 e. The average Bonchev–Trinajstić information content (AvgIpc) is 3.46. The molecule has 214 valence electrons. The van der Waals surface area contributed by atoms with Crippen molar-refractivity contribution in [2.75, 3.05) is 13.7 Å². The molecule has 0 radical (unpaired) electrons. The SMILES string of the molecule is COc1cn(C(CCOC(F)(F)F)C(=O)Cc2ccc(C(=O)O)cc2)c(=O)cc1-c1cc(Cl)ccc1-c1cnco1. The number of halogens is 4. The molecule has 0 aliphatic carbocycles. The number of aromatic nitrogens is 2. The average molecular weight is 591 g/mol. The lowest BCUT2D eigenvalue weighted by atomic mass is 9.97. The van der Waals surface area contributed by atoms with Crippen molar-refractivity contribution in [3.05, 3.63) is 93.8 Å². The number of carbonyl (C=O) groups excluding carboxylic acids is 1. The third kappa shape index (κ3) is 7.21. The Morgan fingerprint density at radius 2 is 1.83 bits per heavy atom. The van der Waals surface area contributed by atoms with E-state index in [0.29, 0.717) is 33.0 Å². The number of hydrogen-bond donors (Lipinski definition) is 1. The van der Waals surface area contributed by atoms with Gasteiger partial charge in [0.1, 0.15) is 5.75 Å². The maximum Gasteiger partial charge on any atom is 0.522 e. The van der Waals surface area contributed by atoms with Gasteiger partial charge in [-0.25, -0.2) is 9.78 Å². The Bertz CT molecular complexity index is 1600. The monoisotopic (exact) mass is 590 g/mol. The lowest BCUT2D eigenvalue weighted by Gasteiger charge is -2.22. The molecule has 0 saturated heterocycles. The van der Waals surface area contributed by atoms with Crippen molar-refractivity contribution in [1.29, 1.82) is 0 Å². The van der Waals surface area contributed by atoms with Gasteiger partial charge in [-0.05, 0) is 47.9 Å². The zero-order valence-corrected chi connectivity index (χ0v) is 22.1. The lowest BCUT2D eigenvalue weighted by Crippen LogP contribution is -2.32. The number of hydrogen-bond acceptors (Lipinski definition) is 7. The van der Waals surface area contributed by atoms with E-state index >= 15 is 0 Å². The van der Waals surface area contributed by atoms with Crippen LogP contribution in [0.2, 0.25) is 5.02 Å². The number of rotatable bonds is 11. The fourth-order valence-electron chi connectivity index (χ4n) is 4.27. The summed E-state index contributed by atoms with van der Waals surface area (Å²) in [6.07, 6.45) is -1.75. The second-order valence-corrected chi connectivity index (χ2v) is 9.24. The van der Waals surface area contributed by atoms with Crippen molar-refractivity contribution in [3.8, 4) is 28.2 Å². The molecule has 1 unspecified atom stereocenters. The number of methoxy groups -OCH3 is 1. The van der Waals surface area contributed by atoms with Crippen LogP contribution < -0.4 is 10.3 Å². The van der Waals surface area contributed by atoms with Crippen molar-refractivity contribution in [3.63, 3.8) is 0 Å². The van der Waals surface area contributed by atoms with Crippen molar-refractivity contribution in [2.24, 2.45) is 0 Å². The van der Waals surface area contributed by atoms with E-state index in [1.165, 1.54) is 56.2 Å². The number of carbonyl (C=O) groups is 2. The Balaban J connectivity index is 1.75. The lowest BCUT2D eigenvalue weighted by molar-refractivity contribution is -0.325. The molecular formula is C28H22ClF3N2O7. The molecular weight excluding hydrogens is 569 g/mol. The zero-order valence-electron chi connectivity index (χ0n) is 21.4. The number of aromatic carboxylic acids is 1. The molecule has 2 aromatic heterocycles. The van der Waals surface area contributed by atoms with E-state index in [1.807, 2.05) is 0 Å². The fourth-order valence-corrected chi connectivity index (χ4v) is 4.45. The van der Waals surface area contributed by atoms with Crippen LogP contribution in [0.4, 0.5) is 13.2 Å². The molecule has 2 heterocycles. The highest BCUT2D eigenvalue weighted by Gasteiger charge is 2.31. The van der Waals surface area contributed by atoms with E-state index in [-0.39, 0.29) is 17.7 Å². The Morgan fingerprint density at radius 3 is 2.44 bits per heavy atom. The topological polar surface area (TPSA) is 121 Å². The Hall–Kier alpha value is -4.42. The van der Waals surface area contributed by atoms with Crippen LogP contribution in [0, 0.1) is 0 Å². The van der Waals surface area contributed by atoms with Crippen LogP contribution in [0.5, 0.6) is 5.75 Å². The molecule has 0 bridgehead atoms. The van der Waals surface area contributed by atoms with Gasteiger partial charge in [0, 0.05) is 28.6 Å². The minimum Gasteiger partial charge on any atom is -0.495 e. The maximum absolute atomic E-state index is 13.4. The molecule has 0 aliphatic rings. The Labute approximate surface area is 235 Å². The van der Waals surface area contributed by atoms with Crippen LogP contribution in [0.3, 0.4) is 0 Å². The van der Waals surface area contributed by atoms with Gasteiger partial charge in [0.25, 0.3) is 5.56 Å². The first-order chi connectivity index (χ1) is 19.5. The minimum atomic E-state index is -4.93. The van der Waals surface area contributed by atoms with Crippen LogP contribution in [-0.4, -0.2) is 46.5 Å². The zero-order chi connectivity index (χ0) is 29.7. The highest BCUT2D eigenvalue weighted by Crippen LogP contribution is 2.38. The number of oxazole rings is 1. The molecule has 0 aliphatic heterocycles. The second kappa shape index (κ2) is 12.4. The molecule has 2 aromatic carbocycles. The van der Waals surface area contributed by atoms with Crippen molar-refractivity contribution < 1.29 is 41.8 Å². The summed E-state index contributed by atoms with van der Waals surface area (Å²) in [7, 11) is 1.33. The van der Waals surface area contributed by atoms with Gasteiger partial charge < -0.3 is 18.8 Å². The molecule has 0 amide bonds. The van der Waals surface area contributed by atoms with E-state index < -0.39 is 42.7 Å². The molecule has 0 spiro atoms. The number of pyridine rings is 1. The quantitative estimate of drug-likeness (QED) is 0.232. The second-order valence-electron chi connectivity index (χ2n) is 8.80. The molecule has 1 N–H and O–H groups in total. The summed E-state index contributed by atoms with van der Waals surface area (Å²) >= 11 is 6.23. The van der Waals surface area contributed by atoms with Gasteiger partial charge in [-0.2, -0.15) is 0 Å². The van der Waals surface area contributed by atoms with Crippen LogP contribution in [-0.2, 0) is 16.0 Å². The summed E-state index contributed by atoms with van der Waals surface area (Å²) in [6, 6.07) is 10.1. The first-order valence-corrected chi connectivity index (χ1v) is 12.4. The number of ether oxygens (including phenoxy) is 2. The third-order valence-electron chi connectivity index (χ3n) is 6.18. The number of carboxylic acids is 1. The summed E-state index contributed by atoms with van der Waals surface area (Å²) in [5.74, 6) is -1.24. The number of alkyl halides is 3. The summed E-state index contributed by atoms with van der Waals surface area (Å²) in [4.78, 5) is 41.8. The number of ketones is 1. The molecule has 0 saturated carbocycles. The van der Waals surface area contributed by atoms with E-state index in [1.54, 1.807) is 18.2 Å². The molecule has 9 nitrogen and oxygen atoms in total. The molecule has 0 fully saturated rings. The molecule has 1 atom stereocenters. The predicted octanol–water partition coefficient (Wildman–Crippen LogP) is 5.81. The number of benzene rings is 2. The van der Waals surface area contributed by atoms with Crippen LogP contribution in [0.25, 0.3) is 22.5 Å². The van der Waals surface area contributed by atoms with Gasteiger partial charge in [-0.15, -0.1) is 13.2 Å². The summed E-state index contributed by atoms with van der Waals surface area (Å²) in [5, 5.41) is 9.44. The molecule has 13 heteroatoms. The summed E-state index contributed by atoms with van der Waals surface area (Å²) < 4.78 is 54.0.